The van der Waals surface area contributed by atoms with Crippen molar-refractivity contribution in [1.29, 1.82) is 5.26 Å². The predicted octanol–water partition coefficient (Wildman–Crippen LogP) is 1.18. The van der Waals surface area contributed by atoms with Crippen LogP contribution in [-0.2, 0) is 4.79 Å². The number of nitrogens with zero attached hydrogens (tertiary/aromatic N) is 2. The van der Waals surface area contributed by atoms with Gasteiger partial charge in [-0.3, -0.25) is 9.69 Å². The summed E-state index contributed by atoms with van der Waals surface area (Å²) in [5.74, 6) is 0.0912. The van der Waals surface area contributed by atoms with Crippen molar-refractivity contribution in [2.24, 2.45) is 0 Å². The van der Waals surface area contributed by atoms with Gasteiger partial charge in [0.1, 0.15) is 5.54 Å². The molecule has 4 heteroatoms. The lowest BCUT2D eigenvalue weighted by atomic mass is 9.91. The van der Waals surface area contributed by atoms with E-state index in [9.17, 15) is 4.79 Å². The van der Waals surface area contributed by atoms with E-state index >= 15 is 0 Å². The summed E-state index contributed by atoms with van der Waals surface area (Å²) in [7, 11) is 0. The van der Waals surface area contributed by atoms with Gasteiger partial charge in [0.15, 0.2) is 0 Å². The molecule has 1 heterocycles. The van der Waals surface area contributed by atoms with E-state index < -0.39 is 5.54 Å². The van der Waals surface area contributed by atoms with Crippen LogP contribution in [0.15, 0.2) is 0 Å². The molecule has 3 fully saturated rings. The Morgan fingerprint density at radius 3 is 2.59 bits per heavy atom. The molecule has 1 unspecified atom stereocenters. The minimum Gasteiger partial charge on any atom is -0.336 e. The zero-order valence-corrected chi connectivity index (χ0v) is 10.1. The molecule has 2 saturated carbocycles. The molecule has 0 bridgehead atoms. The van der Waals surface area contributed by atoms with E-state index in [0.717, 1.165) is 32.2 Å². The van der Waals surface area contributed by atoms with Crippen molar-refractivity contribution in [2.75, 3.05) is 6.54 Å². The van der Waals surface area contributed by atoms with E-state index in [0.29, 0.717) is 6.04 Å². The highest BCUT2D eigenvalue weighted by molar-refractivity contribution is 5.83. The molecule has 1 saturated heterocycles. The van der Waals surface area contributed by atoms with Crippen LogP contribution >= 0.6 is 0 Å². The first-order chi connectivity index (χ1) is 8.24. The van der Waals surface area contributed by atoms with Crippen molar-refractivity contribution in [2.45, 2.75) is 62.6 Å². The van der Waals surface area contributed by atoms with Crippen LogP contribution in [0, 0.1) is 11.3 Å². The predicted molar refractivity (Wildman–Crippen MR) is 63.1 cm³/mol. The van der Waals surface area contributed by atoms with Crippen LogP contribution in [0.1, 0.15) is 44.9 Å². The average Bonchev–Trinajstić information content (AvgIpc) is 2.85. The van der Waals surface area contributed by atoms with Crippen LogP contribution in [0.25, 0.3) is 0 Å². The van der Waals surface area contributed by atoms with Crippen LogP contribution < -0.4 is 5.32 Å². The molecule has 1 N–H and O–H groups in total. The van der Waals surface area contributed by atoms with Gasteiger partial charge in [-0.2, -0.15) is 5.26 Å². The molecule has 17 heavy (non-hydrogen) atoms. The summed E-state index contributed by atoms with van der Waals surface area (Å²) in [6, 6.07) is 2.89. The van der Waals surface area contributed by atoms with Crippen LogP contribution in [-0.4, -0.2) is 35.0 Å². The van der Waals surface area contributed by atoms with E-state index in [4.69, 9.17) is 5.26 Å². The van der Waals surface area contributed by atoms with Crippen molar-refractivity contribution >= 4 is 5.91 Å². The van der Waals surface area contributed by atoms with E-state index in [1.807, 2.05) is 0 Å². The largest absolute Gasteiger partial charge is 0.336 e. The van der Waals surface area contributed by atoms with Gasteiger partial charge in [0.2, 0.25) is 5.91 Å². The van der Waals surface area contributed by atoms with Gasteiger partial charge in [-0.1, -0.05) is 6.42 Å². The lowest BCUT2D eigenvalue weighted by Crippen LogP contribution is -2.52. The van der Waals surface area contributed by atoms with Crippen molar-refractivity contribution in [3.8, 4) is 6.07 Å². The fourth-order valence-corrected chi connectivity index (χ4v) is 2.93. The van der Waals surface area contributed by atoms with E-state index in [1.54, 1.807) is 0 Å². The molecule has 0 radical (unpaired) electrons. The first kappa shape index (κ1) is 11.0. The second-order valence-electron chi connectivity index (χ2n) is 5.66. The van der Waals surface area contributed by atoms with Crippen molar-refractivity contribution in [3.63, 3.8) is 0 Å². The zero-order chi connectivity index (χ0) is 11.9. The third-order valence-corrected chi connectivity index (χ3v) is 4.47. The van der Waals surface area contributed by atoms with Crippen LogP contribution in [0.5, 0.6) is 0 Å². The van der Waals surface area contributed by atoms with Gasteiger partial charge in [-0.25, -0.2) is 0 Å². The normalized spacial score (nSPS) is 31.6. The maximum Gasteiger partial charge on any atom is 0.238 e. The summed E-state index contributed by atoms with van der Waals surface area (Å²) < 4.78 is 0. The smallest absolute Gasteiger partial charge is 0.238 e. The number of likely N-dealkylation sites (tertiary alicyclic amines) is 1. The lowest BCUT2D eigenvalue weighted by Gasteiger charge is -2.38. The minimum atomic E-state index is -0.509. The number of nitriles is 1. The summed E-state index contributed by atoms with van der Waals surface area (Å²) in [6.07, 6.45) is 7.52. The maximum absolute atomic E-state index is 12.2. The highest BCUT2D eigenvalue weighted by Gasteiger charge is 2.47. The molecule has 1 aliphatic heterocycles. The SMILES string of the molecule is N#CC1(NC(=O)C2CCCN2C2CCC2)CC1. The monoisotopic (exact) mass is 233 g/mol. The van der Waals surface area contributed by atoms with Gasteiger partial charge in [0.25, 0.3) is 0 Å². The summed E-state index contributed by atoms with van der Waals surface area (Å²) in [6.45, 7) is 1.06. The van der Waals surface area contributed by atoms with E-state index in [2.05, 4.69) is 16.3 Å². The van der Waals surface area contributed by atoms with Gasteiger partial charge in [-0.05, 0) is 45.1 Å². The topological polar surface area (TPSA) is 56.1 Å². The third kappa shape index (κ3) is 1.93. The van der Waals surface area contributed by atoms with Gasteiger partial charge in [-0.15, -0.1) is 0 Å². The number of rotatable bonds is 3. The molecular formula is C13H19N3O. The number of carbonyl (C=O) groups excluding carboxylic acids is 1. The number of amides is 1. The standard InChI is InChI=1S/C13H19N3O/c14-9-13(6-7-13)15-12(17)11-5-2-8-16(11)10-3-1-4-10/h10-11H,1-8H2,(H,15,17). The summed E-state index contributed by atoms with van der Waals surface area (Å²) in [4.78, 5) is 14.6. The zero-order valence-electron chi connectivity index (χ0n) is 10.1. The average molecular weight is 233 g/mol. The van der Waals surface area contributed by atoms with E-state index in [1.165, 1.54) is 19.3 Å². The molecule has 3 rings (SSSR count). The molecule has 0 spiro atoms. The molecule has 0 aromatic rings. The second-order valence-corrected chi connectivity index (χ2v) is 5.66. The Labute approximate surface area is 102 Å². The lowest BCUT2D eigenvalue weighted by molar-refractivity contribution is -0.127. The highest BCUT2D eigenvalue weighted by atomic mass is 16.2. The summed E-state index contributed by atoms with van der Waals surface area (Å²) in [5, 5.41) is 12.0. The summed E-state index contributed by atoms with van der Waals surface area (Å²) >= 11 is 0. The number of hydrogen-bond donors (Lipinski definition) is 1. The van der Waals surface area contributed by atoms with Crippen LogP contribution in [0.4, 0.5) is 0 Å². The Morgan fingerprint density at radius 2 is 2.06 bits per heavy atom. The molecule has 0 aromatic heterocycles. The Kier molecular flexibility index (Phi) is 2.59. The van der Waals surface area contributed by atoms with E-state index in [-0.39, 0.29) is 11.9 Å². The number of hydrogen-bond acceptors (Lipinski definition) is 3. The van der Waals surface area contributed by atoms with Crippen molar-refractivity contribution < 1.29 is 4.79 Å². The number of carbonyl (C=O) groups is 1. The number of nitrogens with one attached hydrogen (secondary N) is 1. The summed E-state index contributed by atoms with van der Waals surface area (Å²) in [5.41, 5.74) is -0.509. The molecular weight excluding hydrogens is 214 g/mol. The fourth-order valence-electron chi connectivity index (χ4n) is 2.93. The molecule has 1 atom stereocenters. The first-order valence-corrected chi connectivity index (χ1v) is 6.73. The molecule has 4 nitrogen and oxygen atoms in total. The molecule has 1 amide bonds. The molecule has 3 aliphatic rings. The van der Waals surface area contributed by atoms with Crippen LogP contribution in [0.2, 0.25) is 0 Å². The quantitative estimate of drug-likeness (QED) is 0.796. The van der Waals surface area contributed by atoms with Crippen molar-refractivity contribution in [1.82, 2.24) is 10.2 Å². The first-order valence-electron chi connectivity index (χ1n) is 6.73. The Balaban J connectivity index is 1.62. The van der Waals surface area contributed by atoms with Gasteiger partial charge >= 0.3 is 0 Å². The van der Waals surface area contributed by atoms with Crippen molar-refractivity contribution in [3.05, 3.63) is 0 Å². The van der Waals surface area contributed by atoms with Gasteiger partial charge in [0, 0.05) is 6.04 Å². The van der Waals surface area contributed by atoms with Crippen LogP contribution in [0.3, 0.4) is 0 Å². The molecule has 0 aromatic carbocycles. The van der Waals surface area contributed by atoms with Gasteiger partial charge < -0.3 is 5.32 Å². The Bertz CT molecular complexity index is 365. The van der Waals surface area contributed by atoms with Gasteiger partial charge in [0.05, 0.1) is 12.1 Å². The minimum absolute atomic E-state index is 0.0334. The molecule has 92 valence electrons. The second kappa shape index (κ2) is 3.99. The third-order valence-electron chi connectivity index (χ3n) is 4.47. The maximum atomic E-state index is 12.2. The molecule has 2 aliphatic carbocycles. The fraction of sp³-hybridized carbons (Fsp3) is 0.846. The highest BCUT2D eigenvalue weighted by Crippen LogP contribution is 2.36. The Hall–Kier alpha value is -1.08. The Morgan fingerprint density at radius 1 is 1.29 bits per heavy atom.